The van der Waals surface area contributed by atoms with Crippen molar-refractivity contribution in [1.29, 1.82) is 0 Å². The molecular weight excluding hydrogens is 314 g/mol. The summed E-state index contributed by atoms with van der Waals surface area (Å²) in [6.45, 7) is 3.94. The highest BCUT2D eigenvalue weighted by Gasteiger charge is 2.42. The minimum Gasteiger partial charge on any atom is -0.351 e. The summed E-state index contributed by atoms with van der Waals surface area (Å²) in [7, 11) is 1.88. The molecule has 2 N–H and O–H groups in total. The molecule has 1 fully saturated rings. The quantitative estimate of drug-likeness (QED) is 0.858. The second kappa shape index (κ2) is 7.37. The molecule has 1 aliphatic heterocycles. The Balaban J connectivity index is 0.00000242. The van der Waals surface area contributed by atoms with E-state index in [0.717, 1.165) is 29.8 Å². The number of rotatable bonds is 5. The van der Waals surface area contributed by atoms with Crippen LogP contribution in [0, 0.1) is 0 Å². The summed E-state index contributed by atoms with van der Waals surface area (Å²) in [6, 6.07) is -0.813. The zero-order valence-corrected chi connectivity index (χ0v) is 13.9. The van der Waals surface area contributed by atoms with E-state index >= 15 is 0 Å². The topological polar surface area (TPSA) is 59.0 Å². The number of halogens is 3. The van der Waals surface area contributed by atoms with E-state index in [1.54, 1.807) is 0 Å². The minimum absolute atomic E-state index is 0. The summed E-state index contributed by atoms with van der Waals surface area (Å²) >= 11 is 0. The molecule has 22 heavy (non-hydrogen) atoms. The van der Waals surface area contributed by atoms with Gasteiger partial charge in [0.1, 0.15) is 0 Å². The fraction of sp³-hybridized carbons (Fsp3) is 0.714. The van der Waals surface area contributed by atoms with Crippen LogP contribution in [-0.2, 0) is 31.2 Å². The lowest BCUT2D eigenvalue weighted by atomic mass is 10.1. The largest absolute Gasteiger partial charge is 0.351 e. The van der Waals surface area contributed by atoms with Gasteiger partial charge in [0, 0.05) is 31.3 Å². The molecule has 1 aromatic rings. The number of nitrogens with one attached hydrogen (secondary N) is 2. The summed E-state index contributed by atoms with van der Waals surface area (Å²) in [6.07, 6.45) is 1.15. The van der Waals surface area contributed by atoms with Crippen LogP contribution >= 0.6 is 12.4 Å². The molecule has 8 heteroatoms. The molecule has 0 aromatic carbocycles. The first kappa shape index (κ1) is 18.8. The highest BCUT2D eigenvalue weighted by atomic mass is 35.5. The lowest BCUT2D eigenvalue weighted by molar-refractivity contribution is -0.123. The third-order valence-electron chi connectivity index (χ3n) is 3.89. The smallest absolute Gasteiger partial charge is 0.262 e. The Hall–Kier alpha value is -1.21. The van der Waals surface area contributed by atoms with Gasteiger partial charge in [-0.25, -0.2) is 8.78 Å². The third kappa shape index (κ3) is 3.95. The zero-order valence-electron chi connectivity index (χ0n) is 13.1. The van der Waals surface area contributed by atoms with Crippen molar-refractivity contribution in [1.82, 2.24) is 20.4 Å². The SMILES string of the molecule is CCc1nn(C)c(CC)c1CNC(=O)C1CC(F)(F)CN1.Cl. The Bertz CT molecular complexity index is 533. The van der Waals surface area contributed by atoms with Crippen LogP contribution in [0.4, 0.5) is 8.78 Å². The van der Waals surface area contributed by atoms with Crippen LogP contribution in [0.2, 0.25) is 0 Å². The van der Waals surface area contributed by atoms with E-state index in [1.807, 2.05) is 25.6 Å². The van der Waals surface area contributed by atoms with Crippen LogP contribution in [0.3, 0.4) is 0 Å². The normalized spacial score (nSPS) is 19.8. The van der Waals surface area contributed by atoms with E-state index in [2.05, 4.69) is 15.7 Å². The summed E-state index contributed by atoms with van der Waals surface area (Å²) < 4.78 is 28.0. The van der Waals surface area contributed by atoms with E-state index < -0.39 is 24.9 Å². The molecule has 0 bridgehead atoms. The van der Waals surface area contributed by atoms with Gasteiger partial charge in [-0.2, -0.15) is 5.10 Å². The van der Waals surface area contributed by atoms with Crippen LogP contribution in [-0.4, -0.2) is 34.2 Å². The average Bonchev–Trinajstić information content (AvgIpc) is 2.95. The van der Waals surface area contributed by atoms with E-state index in [4.69, 9.17) is 0 Å². The molecule has 1 aliphatic rings. The van der Waals surface area contributed by atoms with Crippen molar-refractivity contribution < 1.29 is 13.6 Å². The number of hydrogen-bond donors (Lipinski definition) is 2. The molecule has 126 valence electrons. The first-order valence-corrected chi connectivity index (χ1v) is 7.30. The lowest BCUT2D eigenvalue weighted by Crippen LogP contribution is -2.40. The van der Waals surface area contributed by atoms with Gasteiger partial charge < -0.3 is 5.32 Å². The second-order valence-corrected chi connectivity index (χ2v) is 5.41. The Morgan fingerprint density at radius 2 is 2.14 bits per heavy atom. The monoisotopic (exact) mass is 336 g/mol. The maximum absolute atomic E-state index is 13.1. The van der Waals surface area contributed by atoms with Crippen molar-refractivity contribution in [3.8, 4) is 0 Å². The Morgan fingerprint density at radius 1 is 1.45 bits per heavy atom. The van der Waals surface area contributed by atoms with Gasteiger partial charge in [-0.1, -0.05) is 13.8 Å². The molecule has 1 unspecified atom stereocenters. The predicted molar refractivity (Wildman–Crippen MR) is 82.4 cm³/mol. The number of amides is 1. The first-order valence-electron chi connectivity index (χ1n) is 7.30. The first-order chi connectivity index (χ1) is 9.88. The van der Waals surface area contributed by atoms with Crippen LogP contribution < -0.4 is 10.6 Å². The standard InChI is InChI=1S/C14H22F2N4O.ClH/c1-4-10-9(12(5-2)20(3)19-10)7-17-13(21)11-6-14(15,16)8-18-11;/h11,18H,4-8H2,1-3H3,(H,17,21);1H. The van der Waals surface area contributed by atoms with Crippen molar-refractivity contribution in [2.24, 2.45) is 7.05 Å². The number of alkyl halides is 2. The molecule has 1 aromatic heterocycles. The molecule has 0 radical (unpaired) electrons. The van der Waals surface area contributed by atoms with Crippen molar-refractivity contribution in [3.05, 3.63) is 17.0 Å². The molecule has 1 saturated heterocycles. The Kier molecular flexibility index (Phi) is 6.31. The van der Waals surface area contributed by atoms with E-state index in [9.17, 15) is 13.6 Å². The van der Waals surface area contributed by atoms with Gasteiger partial charge in [-0.05, 0) is 12.8 Å². The molecule has 5 nitrogen and oxygen atoms in total. The van der Waals surface area contributed by atoms with Gasteiger partial charge in [0.05, 0.1) is 18.3 Å². The summed E-state index contributed by atoms with van der Waals surface area (Å²) in [5, 5.41) is 9.74. The van der Waals surface area contributed by atoms with E-state index in [0.29, 0.717) is 6.54 Å². The number of aromatic nitrogens is 2. The Labute approximate surface area is 135 Å². The van der Waals surface area contributed by atoms with Gasteiger partial charge in [-0.3, -0.25) is 14.8 Å². The van der Waals surface area contributed by atoms with Gasteiger partial charge in [0.2, 0.25) is 5.91 Å². The van der Waals surface area contributed by atoms with Crippen molar-refractivity contribution in [3.63, 3.8) is 0 Å². The highest BCUT2D eigenvalue weighted by Crippen LogP contribution is 2.25. The summed E-state index contributed by atoms with van der Waals surface area (Å²) in [5.41, 5.74) is 3.01. The second-order valence-electron chi connectivity index (χ2n) is 5.41. The van der Waals surface area contributed by atoms with Crippen LogP contribution in [0.15, 0.2) is 0 Å². The zero-order chi connectivity index (χ0) is 15.6. The van der Waals surface area contributed by atoms with Crippen molar-refractivity contribution in [2.75, 3.05) is 6.54 Å². The van der Waals surface area contributed by atoms with Gasteiger partial charge in [0.15, 0.2) is 0 Å². The van der Waals surface area contributed by atoms with Crippen molar-refractivity contribution in [2.45, 2.75) is 51.6 Å². The maximum Gasteiger partial charge on any atom is 0.262 e. The van der Waals surface area contributed by atoms with E-state index in [1.165, 1.54) is 0 Å². The maximum atomic E-state index is 13.1. The molecule has 2 rings (SSSR count). The average molecular weight is 337 g/mol. The number of carbonyl (C=O) groups excluding carboxylic acids is 1. The highest BCUT2D eigenvalue weighted by molar-refractivity contribution is 5.85. The fourth-order valence-corrected chi connectivity index (χ4v) is 2.79. The van der Waals surface area contributed by atoms with Crippen molar-refractivity contribution >= 4 is 18.3 Å². The fourth-order valence-electron chi connectivity index (χ4n) is 2.79. The van der Waals surface area contributed by atoms with E-state index in [-0.39, 0.29) is 18.3 Å². The number of aryl methyl sites for hydroxylation is 2. The minimum atomic E-state index is -2.79. The molecule has 0 saturated carbocycles. The summed E-state index contributed by atoms with van der Waals surface area (Å²) in [4.78, 5) is 12.0. The number of hydrogen-bond acceptors (Lipinski definition) is 3. The molecule has 0 aliphatic carbocycles. The van der Waals surface area contributed by atoms with Gasteiger partial charge in [0.25, 0.3) is 5.92 Å². The van der Waals surface area contributed by atoms with Gasteiger partial charge >= 0.3 is 0 Å². The molecule has 1 amide bonds. The van der Waals surface area contributed by atoms with Crippen LogP contribution in [0.1, 0.15) is 37.2 Å². The lowest BCUT2D eigenvalue weighted by Gasteiger charge is -2.12. The molecule has 1 atom stereocenters. The summed E-state index contributed by atoms with van der Waals surface area (Å²) in [5.74, 6) is -3.17. The predicted octanol–water partition coefficient (Wildman–Crippen LogP) is 1.58. The number of carbonyl (C=O) groups is 1. The van der Waals surface area contributed by atoms with Crippen LogP contribution in [0.25, 0.3) is 0 Å². The third-order valence-corrected chi connectivity index (χ3v) is 3.89. The van der Waals surface area contributed by atoms with Crippen LogP contribution in [0.5, 0.6) is 0 Å². The molecule has 2 heterocycles. The molecule has 0 spiro atoms. The molecular formula is C14H23ClF2N4O. The number of nitrogens with zero attached hydrogens (tertiary/aromatic N) is 2. The van der Waals surface area contributed by atoms with Gasteiger partial charge in [-0.15, -0.1) is 12.4 Å². The Morgan fingerprint density at radius 3 is 2.64 bits per heavy atom.